The topological polar surface area (TPSA) is 35.5 Å². The second-order valence-corrected chi connectivity index (χ2v) is 5.32. The standard InChI is InChI=1S/C11H24N2OS/c1-13-6-3-10(4-7-13)12-11(5-8-14)9-15-2/h10-12,14H,3-9H2,1-2H3. The number of nitrogens with zero attached hydrogens (tertiary/aromatic N) is 1. The van der Waals surface area contributed by atoms with Gasteiger partial charge in [0, 0.05) is 24.4 Å². The molecule has 0 saturated carbocycles. The van der Waals surface area contributed by atoms with E-state index in [1.165, 1.54) is 25.9 Å². The first kappa shape index (κ1) is 13.3. The van der Waals surface area contributed by atoms with Crippen molar-refractivity contribution in [1.29, 1.82) is 0 Å². The minimum atomic E-state index is 0.296. The molecule has 1 unspecified atom stereocenters. The first-order valence-corrected chi connectivity index (χ1v) is 7.20. The van der Waals surface area contributed by atoms with Crippen molar-refractivity contribution >= 4 is 11.8 Å². The summed E-state index contributed by atoms with van der Waals surface area (Å²) in [6.45, 7) is 2.69. The van der Waals surface area contributed by atoms with Crippen molar-refractivity contribution < 1.29 is 5.11 Å². The van der Waals surface area contributed by atoms with E-state index in [0.29, 0.717) is 18.7 Å². The van der Waals surface area contributed by atoms with Gasteiger partial charge in [0.2, 0.25) is 0 Å². The molecule has 0 aromatic rings. The molecular formula is C11H24N2OS. The molecule has 4 heteroatoms. The summed E-state index contributed by atoms with van der Waals surface area (Å²) >= 11 is 1.85. The third kappa shape index (κ3) is 5.20. The van der Waals surface area contributed by atoms with Crippen LogP contribution in [-0.4, -0.2) is 60.8 Å². The molecule has 1 saturated heterocycles. The normalized spacial score (nSPS) is 21.8. The van der Waals surface area contributed by atoms with Gasteiger partial charge in [-0.15, -0.1) is 0 Å². The molecule has 15 heavy (non-hydrogen) atoms. The van der Waals surface area contributed by atoms with Gasteiger partial charge >= 0.3 is 0 Å². The van der Waals surface area contributed by atoms with Gasteiger partial charge in [0.25, 0.3) is 0 Å². The number of hydrogen-bond donors (Lipinski definition) is 2. The van der Waals surface area contributed by atoms with Gasteiger partial charge in [0.05, 0.1) is 0 Å². The third-order valence-corrected chi connectivity index (χ3v) is 3.77. The molecule has 0 aromatic carbocycles. The predicted molar refractivity (Wildman–Crippen MR) is 67.5 cm³/mol. The van der Waals surface area contributed by atoms with E-state index in [1.54, 1.807) is 0 Å². The average molecular weight is 232 g/mol. The number of nitrogens with one attached hydrogen (secondary N) is 1. The Kier molecular flexibility index (Phi) is 6.64. The van der Waals surface area contributed by atoms with E-state index in [4.69, 9.17) is 5.11 Å². The van der Waals surface area contributed by atoms with Gasteiger partial charge in [-0.3, -0.25) is 0 Å². The van der Waals surface area contributed by atoms with Crippen molar-refractivity contribution in [2.24, 2.45) is 0 Å². The van der Waals surface area contributed by atoms with Gasteiger partial charge in [0.1, 0.15) is 0 Å². The number of aliphatic hydroxyl groups is 1. The monoisotopic (exact) mass is 232 g/mol. The van der Waals surface area contributed by atoms with Crippen molar-refractivity contribution in [3.8, 4) is 0 Å². The fraction of sp³-hybridized carbons (Fsp3) is 1.00. The summed E-state index contributed by atoms with van der Waals surface area (Å²) in [5, 5.41) is 12.6. The van der Waals surface area contributed by atoms with Crippen LogP contribution in [0.1, 0.15) is 19.3 Å². The molecule has 1 aliphatic heterocycles. The molecule has 0 aliphatic carbocycles. The van der Waals surface area contributed by atoms with Gasteiger partial charge < -0.3 is 15.3 Å². The highest BCUT2D eigenvalue weighted by atomic mass is 32.2. The Morgan fingerprint density at radius 2 is 2.13 bits per heavy atom. The summed E-state index contributed by atoms with van der Waals surface area (Å²) in [4.78, 5) is 2.38. The summed E-state index contributed by atoms with van der Waals surface area (Å²) in [6, 6.07) is 1.14. The van der Waals surface area contributed by atoms with Gasteiger partial charge in [-0.05, 0) is 45.7 Å². The zero-order chi connectivity index (χ0) is 11.1. The Morgan fingerprint density at radius 3 is 2.67 bits per heavy atom. The third-order valence-electron chi connectivity index (χ3n) is 3.04. The first-order chi connectivity index (χ1) is 7.26. The zero-order valence-electron chi connectivity index (χ0n) is 9.91. The van der Waals surface area contributed by atoms with E-state index >= 15 is 0 Å². The molecule has 1 atom stereocenters. The van der Waals surface area contributed by atoms with Crippen molar-refractivity contribution in [2.45, 2.75) is 31.3 Å². The molecule has 0 bridgehead atoms. The van der Waals surface area contributed by atoms with Crippen LogP contribution in [0.15, 0.2) is 0 Å². The number of likely N-dealkylation sites (tertiary alicyclic amines) is 1. The van der Waals surface area contributed by atoms with Crippen LogP contribution in [0.2, 0.25) is 0 Å². The van der Waals surface area contributed by atoms with Crippen LogP contribution in [0.25, 0.3) is 0 Å². The van der Waals surface area contributed by atoms with E-state index in [2.05, 4.69) is 23.5 Å². The Bertz CT molecular complexity index is 155. The quantitative estimate of drug-likeness (QED) is 0.709. The number of hydrogen-bond acceptors (Lipinski definition) is 4. The number of rotatable bonds is 6. The van der Waals surface area contributed by atoms with Crippen molar-refractivity contribution in [3.63, 3.8) is 0 Å². The Balaban J connectivity index is 2.24. The second kappa shape index (κ2) is 7.49. The SMILES string of the molecule is CSCC(CCO)NC1CCN(C)CC1. The van der Waals surface area contributed by atoms with Crippen molar-refractivity contribution in [2.75, 3.05) is 38.8 Å². The maximum atomic E-state index is 8.98. The molecule has 3 nitrogen and oxygen atoms in total. The van der Waals surface area contributed by atoms with Gasteiger partial charge in [-0.2, -0.15) is 11.8 Å². The van der Waals surface area contributed by atoms with Crippen LogP contribution < -0.4 is 5.32 Å². The summed E-state index contributed by atoms with van der Waals surface area (Å²) in [5.41, 5.74) is 0. The van der Waals surface area contributed by atoms with Crippen LogP contribution in [0.3, 0.4) is 0 Å². The highest BCUT2D eigenvalue weighted by molar-refractivity contribution is 7.98. The maximum Gasteiger partial charge on any atom is 0.0446 e. The van der Waals surface area contributed by atoms with Gasteiger partial charge in [-0.1, -0.05) is 0 Å². The zero-order valence-corrected chi connectivity index (χ0v) is 10.7. The summed E-state index contributed by atoms with van der Waals surface area (Å²) in [6.07, 6.45) is 5.49. The molecule has 1 fully saturated rings. The molecule has 0 amide bonds. The lowest BCUT2D eigenvalue weighted by molar-refractivity contribution is 0.213. The molecule has 0 spiro atoms. The van der Waals surface area contributed by atoms with Gasteiger partial charge in [0.15, 0.2) is 0 Å². The lowest BCUT2D eigenvalue weighted by atomic mass is 10.0. The molecular weight excluding hydrogens is 208 g/mol. The smallest absolute Gasteiger partial charge is 0.0446 e. The Labute approximate surface area is 97.6 Å². The first-order valence-electron chi connectivity index (χ1n) is 5.80. The lowest BCUT2D eigenvalue weighted by Crippen LogP contribution is -2.46. The Hall–Kier alpha value is 0.230. The summed E-state index contributed by atoms with van der Waals surface area (Å²) < 4.78 is 0. The van der Waals surface area contributed by atoms with E-state index in [0.717, 1.165) is 12.2 Å². The van der Waals surface area contributed by atoms with Crippen molar-refractivity contribution in [3.05, 3.63) is 0 Å². The largest absolute Gasteiger partial charge is 0.396 e. The summed E-state index contributed by atoms with van der Waals surface area (Å²) in [7, 11) is 2.18. The van der Waals surface area contributed by atoms with E-state index < -0.39 is 0 Å². The van der Waals surface area contributed by atoms with Gasteiger partial charge in [-0.25, -0.2) is 0 Å². The molecule has 0 radical (unpaired) electrons. The fourth-order valence-electron chi connectivity index (χ4n) is 2.08. The summed E-state index contributed by atoms with van der Waals surface area (Å²) in [5.74, 6) is 1.10. The number of aliphatic hydroxyl groups excluding tert-OH is 1. The number of thioether (sulfide) groups is 1. The van der Waals surface area contributed by atoms with Crippen LogP contribution in [-0.2, 0) is 0 Å². The van der Waals surface area contributed by atoms with Crippen LogP contribution in [0, 0.1) is 0 Å². The minimum absolute atomic E-state index is 0.296. The van der Waals surface area contributed by atoms with Crippen LogP contribution >= 0.6 is 11.8 Å². The van der Waals surface area contributed by atoms with Crippen LogP contribution in [0.4, 0.5) is 0 Å². The second-order valence-electron chi connectivity index (χ2n) is 4.41. The Morgan fingerprint density at radius 1 is 1.47 bits per heavy atom. The lowest BCUT2D eigenvalue weighted by Gasteiger charge is -2.32. The fourth-order valence-corrected chi connectivity index (χ4v) is 2.75. The minimum Gasteiger partial charge on any atom is -0.396 e. The maximum absolute atomic E-state index is 8.98. The number of piperidine rings is 1. The average Bonchev–Trinajstić information content (AvgIpc) is 2.22. The molecule has 1 aliphatic rings. The van der Waals surface area contributed by atoms with E-state index in [1.807, 2.05) is 11.8 Å². The highest BCUT2D eigenvalue weighted by Crippen LogP contribution is 2.11. The van der Waals surface area contributed by atoms with Crippen molar-refractivity contribution in [1.82, 2.24) is 10.2 Å². The predicted octanol–water partition coefficient (Wildman–Crippen LogP) is 0.784. The molecule has 0 aromatic heterocycles. The van der Waals surface area contributed by atoms with Crippen LogP contribution in [0.5, 0.6) is 0 Å². The molecule has 90 valence electrons. The van der Waals surface area contributed by atoms with E-state index in [9.17, 15) is 0 Å². The van der Waals surface area contributed by atoms with E-state index in [-0.39, 0.29) is 0 Å². The highest BCUT2D eigenvalue weighted by Gasteiger charge is 2.19. The molecule has 2 N–H and O–H groups in total. The molecule has 1 heterocycles. The molecule has 1 rings (SSSR count).